The molecule has 21 heavy (non-hydrogen) atoms. The summed E-state index contributed by atoms with van der Waals surface area (Å²) in [6.07, 6.45) is 0.937. The molecule has 2 N–H and O–H groups in total. The van der Waals surface area contributed by atoms with Gasteiger partial charge < -0.3 is 10.6 Å². The average molecular weight is 324 g/mol. The number of anilines is 2. The number of nitrogens with one attached hydrogen (secondary N) is 2. The fraction of sp³-hybridized carbons (Fsp3) is 0.438. The molecule has 0 amide bonds. The molecule has 1 aromatic carbocycles. The van der Waals surface area contributed by atoms with E-state index >= 15 is 0 Å². The minimum atomic E-state index is 0.439. The Hall–Kier alpha value is -1.10. The minimum Gasteiger partial charge on any atom is -0.330 e. The third-order valence-electron chi connectivity index (χ3n) is 3.28. The second-order valence-electron chi connectivity index (χ2n) is 5.37. The van der Waals surface area contributed by atoms with Crippen molar-refractivity contribution in [2.75, 3.05) is 11.9 Å². The van der Waals surface area contributed by atoms with Crippen molar-refractivity contribution in [3.63, 3.8) is 0 Å². The zero-order chi connectivity index (χ0) is 15.4. The fourth-order valence-corrected chi connectivity index (χ4v) is 3.47. The van der Waals surface area contributed by atoms with Gasteiger partial charge in [0.15, 0.2) is 5.13 Å². The summed E-state index contributed by atoms with van der Waals surface area (Å²) in [5, 5.41) is 10.5. The van der Waals surface area contributed by atoms with Crippen molar-refractivity contribution in [2.24, 2.45) is 0 Å². The van der Waals surface area contributed by atoms with Crippen LogP contribution in [0.5, 0.6) is 0 Å². The lowest BCUT2D eigenvalue weighted by Gasteiger charge is -2.11. The van der Waals surface area contributed by atoms with E-state index in [9.17, 15) is 0 Å². The van der Waals surface area contributed by atoms with E-state index in [1.807, 2.05) is 13.0 Å². The van der Waals surface area contributed by atoms with Gasteiger partial charge in [-0.25, -0.2) is 4.98 Å². The molecule has 3 nitrogen and oxygen atoms in total. The Labute approximate surface area is 135 Å². The maximum Gasteiger partial charge on any atom is 0.187 e. The van der Waals surface area contributed by atoms with Crippen LogP contribution < -0.4 is 10.6 Å². The highest BCUT2D eigenvalue weighted by atomic mass is 35.5. The second kappa shape index (κ2) is 7.25. The Kier molecular flexibility index (Phi) is 5.62. The predicted molar refractivity (Wildman–Crippen MR) is 93.2 cm³/mol. The summed E-state index contributed by atoms with van der Waals surface area (Å²) in [5.74, 6) is 0. The monoisotopic (exact) mass is 323 g/mol. The van der Waals surface area contributed by atoms with Crippen LogP contribution in [0.1, 0.15) is 30.7 Å². The van der Waals surface area contributed by atoms with Crippen LogP contribution in [0.15, 0.2) is 17.5 Å². The number of rotatable bonds is 6. The van der Waals surface area contributed by atoms with Gasteiger partial charge in [0.1, 0.15) is 0 Å². The van der Waals surface area contributed by atoms with Gasteiger partial charge in [0.2, 0.25) is 0 Å². The van der Waals surface area contributed by atoms with Crippen LogP contribution in [-0.4, -0.2) is 17.6 Å². The molecule has 0 fully saturated rings. The summed E-state index contributed by atoms with van der Waals surface area (Å²) in [5.41, 5.74) is 4.36. The molecule has 0 bridgehead atoms. The van der Waals surface area contributed by atoms with E-state index in [2.05, 4.69) is 47.8 Å². The molecule has 0 saturated heterocycles. The van der Waals surface area contributed by atoms with E-state index in [1.165, 1.54) is 5.56 Å². The lowest BCUT2D eigenvalue weighted by atomic mass is 10.1. The molecule has 0 aliphatic carbocycles. The van der Waals surface area contributed by atoms with Gasteiger partial charge in [-0.05, 0) is 44.5 Å². The Bertz CT molecular complexity index is 586. The van der Waals surface area contributed by atoms with Crippen molar-refractivity contribution < 1.29 is 0 Å². The van der Waals surface area contributed by atoms with Crippen molar-refractivity contribution in [1.29, 1.82) is 0 Å². The highest BCUT2D eigenvalue weighted by Crippen LogP contribution is 2.31. The lowest BCUT2D eigenvalue weighted by Crippen LogP contribution is -2.27. The zero-order valence-electron chi connectivity index (χ0n) is 13.0. The maximum atomic E-state index is 6.32. The molecule has 2 aromatic rings. The molecule has 0 saturated carbocycles. The zero-order valence-corrected chi connectivity index (χ0v) is 14.5. The van der Waals surface area contributed by atoms with E-state index in [0.29, 0.717) is 6.04 Å². The van der Waals surface area contributed by atoms with Crippen molar-refractivity contribution >= 4 is 33.8 Å². The summed E-state index contributed by atoms with van der Waals surface area (Å²) in [7, 11) is 0. The summed E-state index contributed by atoms with van der Waals surface area (Å²) >= 11 is 7.94. The van der Waals surface area contributed by atoms with E-state index in [4.69, 9.17) is 11.6 Å². The molecule has 1 heterocycles. The molecular formula is C16H22ClN3S. The van der Waals surface area contributed by atoms with Crippen LogP contribution in [0.3, 0.4) is 0 Å². The molecule has 1 unspecified atom stereocenters. The smallest absolute Gasteiger partial charge is 0.187 e. The molecule has 5 heteroatoms. The van der Waals surface area contributed by atoms with Gasteiger partial charge in [0.05, 0.1) is 16.4 Å². The molecular weight excluding hydrogens is 302 g/mol. The van der Waals surface area contributed by atoms with Gasteiger partial charge >= 0.3 is 0 Å². The van der Waals surface area contributed by atoms with E-state index < -0.39 is 0 Å². The van der Waals surface area contributed by atoms with Crippen LogP contribution >= 0.6 is 22.9 Å². The summed E-state index contributed by atoms with van der Waals surface area (Å²) in [4.78, 5) is 4.64. The molecule has 0 aliphatic heterocycles. The summed E-state index contributed by atoms with van der Waals surface area (Å²) in [6, 6.07) is 4.53. The Morgan fingerprint density at radius 2 is 2.10 bits per heavy atom. The highest BCUT2D eigenvalue weighted by Gasteiger charge is 2.10. The molecule has 0 radical (unpaired) electrons. The van der Waals surface area contributed by atoms with Gasteiger partial charge in [0.25, 0.3) is 0 Å². The van der Waals surface area contributed by atoms with Crippen molar-refractivity contribution in [3.8, 4) is 0 Å². The highest BCUT2D eigenvalue weighted by molar-refractivity contribution is 7.13. The topological polar surface area (TPSA) is 37.0 Å². The third-order valence-corrected chi connectivity index (χ3v) is 4.39. The van der Waals surface area contributed by atoms with E-state index in [-0.39, 0.29) is 0 Å². The lowest BCUT2D eigenvalue weighted by molar-refractivity contribution is 0.561. The largest absolute Gasteiger partial charge is 0.330 e. The minimum absolute atomic E-state index is 0.439. The Morgan fingerprint density at radius 1 is 1.33 bits per heavy atom. The molecule has 1 aromatic heterocycles. The molecule has 114 valence electrons. The third kappa shape index (κ3) is 4.43. The molecule has 1 atom stereocenters. The summed E-state index contributed by atoms with van der Waals surface area (Å²) in [6.45, 7) is 9.38. The standard InChI is InChI=1S/C16H22ClN3S/c1-5-18-12(4)8-13-9-21-16(19-13)20-15-11(3)6-10(2)7-14(15)17/h6-7,9,12,18H,5,8H2,1-4H3,(H,19,20). The first-order valence-corrected chi connectivity index (χ1v) is 8.47. The number of aryl methyl sites for hydroxylation is 2. The van der Waals surface area contributed by atoms with Crippen molar-refractivity contribution in [2.45, 2.75) is 40.2 Å². The molecule has 0 spiro atoms. The SMILES string of the molecule is CCNC(C)Cc1csc(Nc2c(C)cc(C)cc2Cl)n1. The molecule has 0 aliphatic rings. The number of benzene rings is 1. The quantitative estimate of drug-likeness (QED) is 0.809. The molecule has 2 rings (SSSR count). The normalized spacial score (nSPS) is 12.4. The van der Waals surface area contributed by atoms with Gasteiger partial charge in [-0.1, -0.05) is 24.6 Å². The first-order valence-electron chi connectivity index (χ1n) is 7.21. The second-order valence-corrected chi connectivity index (χ2v) is 6.64. The number of aromatic nitrogens is 1. The number of likely N-dealkylation sites (N-methyl/N-ethyl adjacent to an activating group) is 1. The maximum absolute atomic E-state index is 6.32. The van der Waals surface area contributed by atoms with Crippen molar-refractivity contribution in [1.82, 2.24) is 10.3 Å². The number of nitrogens with zero attached hydrogens (tertiary/aromatic N) is 1. The predicted octanol–water partition coefficient (Wildman–Crippen LogP) is 4.70. The number of hydrogen-bond donors (Lipinski definition) is 2. The van der Waals surface area contributed by atoms with Crippen LogP contribution in [0, 0.1) is 13.8 Å². The van der Waals surface area contributed by atoms with E-state index in [1.54, 1.807) is 11.3 Å². The van der Waals surface area contributed by atoms with Crippen molar-refractivity contribution in [3.05, 3.63) is 39.4 Å². The first kappa shape index (κ1) is 16.3. The number of hydrogen-bond acceptors (Lipinski definition) is 4. The Morgan fingerprint density at radius 3 is 2.76 bits per heavy atom. The van der Waals surface area contributed by atoms with Crippen LogP contribution in [0.2, 0.25) is 5.02 Å². The average Bonchev–Trinajstić information content (AvgIpc) is 2.81. The van der Waals surface area contributed by atoms with Crippen LogP contribution in [0.25, 0.3) is 0 Å². The number of halogens is 1. The summed E-state index contributed by atoms with van der Waals surface area (Å²) < 4.78 is 0. The van der Waals surface area contributed by atoms with Gasteiger partial charge in [0, 0.05) is 17.8 Å². The van der Waals surface area contributed by atoms with E-state index in [0.717, 1.165) is 40.1 Å². The first-order chi connectivity index (χ1) is 9.99. The number of thiazole rings is 1. The van der Waals surface area contributed by atoms with Crippen LogP contribution in [-0.2, 0) is 6.42 Å². The fourth-order valence-electron chi connectivity index (χ4n) is 2.37. The van der Waals surface area contributed by atoms with Gasteiger partial charge in [-0.3, -0.25) is 0 Å². The Balaban J connectivity index is 2.09. The van der Waals surface area contributed by atoms with Crippen LogP contribution in [0.4, 0.5) is 10.8 Å². The van der Waals surface area contributed by atoms with Gasteiger partial charge in [-0.2, -0.15) is 0 Å². The van der Waals surface area contributed by atoms with Gasteiger partial charge in [-0.15, -0.1) is 11.3 Å².